The van der Waals surface area contributed by atoms with E-state index in [-0.39, 0.29) is 11.9 Å². The third-order valence-corrected chi connectivity index (χ3v) is 4.20. The van der Waals surface area contributed by atoms with Crippen LogP contribution in [0.5, 0.6) is 0 Å². The molecule has 0 fully saturated rings. The number of carbonyl (C=O) groups excluding carboxylic acids is 1. The fraction of sp³-hybridized carbons (Fsp3) is 0.400. The Morgan fingerprint density at radius 2 is 2.16 bits per heavy atom. The van der Waals surface area contributed by atoms with Crippen LogP contribution in [0.2, 0.25) is 0 Å². The van der Waals surface area contributed by atoms with E-state index in [1.54, 1.807) is 11.3 Å². The van der Waals surface area contributed by atoms with Crippen molar-refractivity contribution in [3.63, 3.8) is 0 Å². The molecule has 0 saturated carbocycles. The lowest BCUT2D eigenvalue weighted by Gasteiger charge is -2.19. The molecule has 0 amide bonds. The van der Waals surface area contributed by atoms with Gasteiger partial charge in [0.1, 0.15) is 0 Å². The molecule has 0 spiro atoms. The van der Waals surface area contributed by atoms with Crippen molar-refractivity contribution in [2.24, 2.45) is 5.92 Å². The Bertz CT molecular complexity index is 564. The molecular formula is C15H19NO2S. The number of carbonyl (C=O) groups is 1. The van der Waals surface area contributed by atoms with Crippen LogP contribution in [0.15, 0.2) is 29.6 Å². The van der Waals surface area contributed by atoms with Gasteiger partial charge in [0.25, 0.3) is 0 Å². The predicted octanol–water partition coefficient (Wildman–Crippen LogP) is 3.14. The zero-order valence-electron chi connectivity index (χ0n) is 11.6. The third-order valence-electron chi connectivity index (χ3n) is 3.19. The van der Waals surface area contributed by atoms with E-state index in [9.17, 15) is 4.79 Å². The lowest BCUT2D eigenvalue weighted by atomic mass is 10.1. The first-order valence-corrected chi connectivity index (χ1v) is 7.21. The summed E-state index contributed by atoms with van der Waals surface area (Å²) in [7, 11) is 3.47. The molecule has 4 heteroatoms. The van der Waals surface area contributed by atoms with Crippen molar-refractivity contribution in [3.8, 4) is 0 Å². The average molecular weight is 277 g/mol. The Kier molecular flexibility index (Phi) is 4.56. The minimum absolute atomic E-state index is 0.0973. The fourth-order valence-corrected chi connectivity index (χ4v) is 3.21. The number of thiophene rings is 1. The molecule has 1 atom stereocenters. The quantitative estimate of drug-likeness (QED) is 0.786. The van der Waals surface area contributed by atoms with Gasteiger partial charge in [0, 0.05) is 17.8 Å². The first kappa shape index (κ1) is 14.0. The summed E-state index contributed by atoms with van der Waals surface area (Å²) in [5, 5.41) is 3.51. The zero-order valence-corrected chi connectivity index (χ0v) is 12.4. The van der Waals surface area contributed by atoms with Crippen molar-refractivity contribution in [1.82, 2.24) is 4.90 Å². The van der Waals surface area contributed by atoms with Crippen LogP contribution >= 0.6 is 11.3 Å². The van der Waals surface area contributed by atoms with Gasteiger partial charge in [-0.3, -0.25) is 4.79 Å². The van der Waals surface area contributed by atoms with Crippen LogP contribution in [0.1, 0.15) is 12.5 Å². The van der Waals surface area contributed by atoms with E-state index < -0.39 is 0 Å². The third kappa shape index (κ3) is 3.33. The molecule has 0 aliphatic heterocycles. The molecule has 2 rings (SSSR count). The van der Waals surface area contributed by atoms with Crippen LogP contribution in [0.25, 0.3) is 10.1 Å². The number of esters is 1. The van der Waals surface area contributed by atoms with E-state index in [4.69, 9.17) is 4.74 Å². The van der Waals surface area contributed by atoms with Gasteiger partial charge in [-0.25, -0.2) is 0 Å². The second-order valence-corrected chi connectivity index (χ2v) is 5.79. The van der Waals surface area contributed by atoms with Gasteiger partial charge in [0.15, 0.2) is 0 Å². The molecule has 0 radical (unpaired) electrons. The molecule has 1 heterocycles. The molecule has 0 aliphatic carbocycles. The second kappa shape index (κ2) is 6.17. The lowest BCUT2D eigenvalue weighted by Crippen LogP contribution is -2.28. The SMILES string of the molecule is COC(=O)C(C)CN(C)Cc1csc2ccccc12. The summed E-state index contributed by atoms with van der Waals surface area (Å²) in [6, 6.07) is 8.42. The first-order chi connectivity index (χ1) is 9.11. The maximum atomic E-state index is 11.4. The van der Waals surface area contributed by atoms with Crippen LogP contribution in [0, 0.1) is 5.92 Å². The summed E-state index contributed by atoms with van der Waals surface area (Å²) in [4.78, 5) is 13.6. The summed E-state index contributed by atoms with van der Waals surface area (Å²) in [6.07, 6.45) is 0. The molecule has 1 unspecified atom stereocenters. The van der Waals surface area contributed by atoms with Gasteiger partial charge in [-0.1, -0.05) is 25.1 Å². The van der Waals surface area contributed by atoms with Gasteiger partial charge in [0.2, 0.25) is 0 Å². The number of methoxy groups -OCH3 is 1. The zero-order chi connectivity index (χ0) is 13.8. The van der Waals surface area contributed by atoms with Crippen molar-refractivity contribution >= 4 is 27.4 Å². The van der Waals surface area contributed by atoms with Crippen LogP contribution < -0.4 is 0 Å². The Hall–Kier alpha value is -1.39. The molecule has 0 aliphatic rings. The first-order valence-electron chi connectivity index (χ1n) is 6.33. The number of hydrogen-bond donors (Lipinski definition) is 0. The molecule has 0 N–H and O–H groups in total. The Morgan fingerprint density at radius 1 is 1.42 bits per heavy atom. The van der Waals surface area contributed by atoms with E-state index in [1.165, 1.54) is 22.8 Å². The van der Waals surface area contributed by atoms with E-state index in [0.29, 0.717) is 6.54 Å². The second-order valence-electron chi connectivity index (χ2n) is 4.88. The van der Waals surface area contributed by atoms with Crippen molar-refractivity contribution in [2.45, 2.75) is 13.5 Å². The van der Waals surface area contributed by atoms with E-state index in [0.717, 1.165) is 6.54 Å². The smallest absolute Gasteiger partial charge is 0.309 e. The normalized spacial score (nSPS) is 12.8. The van der Waals surface area contributed by atoms with Gasteiger partial charge < -0.3 is 9.64 Å². The molecular weight excluding hydrogens is 258 g/mol. The summed E-state index contributed by atoms with van der Waals surface area (Å²) in [5.74, 6) is -0.248. The highest BCUT2D eigenvalue weighted by Crippen LogP contribution is 2.26. The molecule has 3 nitrogen and oxygen atoms in total. The minimum Gasteiger partial charge on any atom is -0.469 e. The monoisotopic (exact) mass is 277 g/mol. The minimum atomic E-state index is -0.151. The number of nitrogens with zero attached hydrogens (tertiary/aromatic N) is 1. The number of hydrogen-bond acceptors (Lipinski definition) is 4. The summed E-state index contributed by atoms with van der Waals surface area (Å²) in [6.45, 7) is 3.45. The summed E-state index contributed by atoms with van der Waals surface area (Å²) < 4.78 is 6.07. The van der Waals surface area contributed by atoms with Crippen molar-refractivity contribution in [1.29, 1.82) is 0 Å². The lowest BCUT2D eigenvalue weighted by molar-refractivity contribution is -0.145. The molecule has 1 aromatic heterocycles. The molecule has 2 aromatic rings. The van der Waals surface area contributed by atoms with Crippen LogP contribution in [-0.4, -0.2) is 31.6 Å². The number of benzene rings is 1. The van der Waals surface area contributed by atoms with Gasteiger partial charge in [-0.15, -0.1) is 11.3 Å². The summed E-state index contributed by atoms with van der Waals surface area (Å²) >= 11 is 1.77. The molecule has 19 heavy (non-hydrogen) atoms. The van der Waals surface area contributed by atoms with Gasteiger partial charge in [0.05, 0.1) is 13.0 Å². The highest BCUT2D eigenvalue weighted by atomic mass is 32.1. The van der Waals surface area contributed by atoms with Crippen LogP contribution in [0.4, 0.5) is 0 Å². The highest BCUT2D eigenvalue weighted by molar-refractivity contribution is 7.17. The number of rotatable bonds is 5. The standard InChI is InChI=1S/C15H19NO2S/c1-11(15(17)18-3)8-16(2)9-12-10-19-14-7-5-4-6-13(12)14/h4-7,10-11H,8-9H2,1-3H3. The van der Waals surface area contributed by atoms with Crippen molar-refractivity contribution in [3.05, 3.63) is 35.2 Å². The molecule has 102 valence electrons. The topological polar surface area (TPSA) is 29.5 Å². The van der Waals surface area contributed by atoms with Gasteiger partial charge in [-0.2, -0.15) is 0 Å². The maximum absolute atomic E-state index is 11.4. The van der Waals surface area contributed by atoms with E-state index in [1.807, 2.05) is 14.0 Å². The predicted molar refractivity (Wildman–Crippen MR) is 79.3 cm³/mol. The Morgan fingerprint density at radius 3 is 2.89 bits per heavy atom. The van der Waals surface area contributed by atoms with Crippen molar-refractivity contribution in [2.75, 3.05) is 20.7 Å². The molecule has 1 aromatic carbocycles. The Balaban J connectivity index is 2.03. The maximum Gasteiger partial charge on any atom is 0.309 e. The Labute approximate surface area is 117 Å². The molecule has 0 bridgehead atoms. The average Bonchev–Trinajstić information content (AvgIpc) is 2.81. The van der Waals surface area contributed by atoms with E-state index >= 15 is 0 Å². The van der Waals surface area contributed by atoms with Crippen LogP contribution in [-0.2, 0) is 16.1 Å². The van der Waals surface area contributed by atoms with Crippen LogP contribution in [0.3, 0.4) is 0 Å². The highest BCUT2D eigenvalue weighted by Gasteiger charge is 2.16. The van der Waals surface area contributed by atoms with Gasteiger partial charge >= 0.3 is 5.97 Å². The number of fused-ring (bicyclic) bond motifs is 1. The van der Waals surface area contributed by atoms with Gasteiger partial charge in [-0.05, 0) is 29.4 Å². The van der Waals surface area contributed by atoms with E-state index in [2.05, 4.69) is 34.5 Å². The largest absolute Gasteiger partial charge is 0.469 e. The van der Waals surface area contributed by atoms with Crippen molar-refractivity contribution < 1.29 is 9.53 Å². The summed E-state index contributed by atoms with van der Waals surface area (Å²) in [5.41, 5.74) is 1.32. The number of ether oxygens (including phenoxy) is 1. The fourth-order valence-electron chi connectivity index (χ4n) is 2.25. The molecule has 0 saturated heterocycles.